The zero-order valence-corrected chi connectivity index (χ0v) is 11.1. The van der Waals surface area contributed by atoms with Crippen LogP contribution in [0.3, 0.4) is 0 Å². The molecule has 1 aromatic heterocycles. The van der Waals surface area contributed by atoms with Crippen LogP contribution in [-0.4, -0.2) is 16.6 Å². The van der Waals surface area contributed by atoms with Gasteiger partial charge in [0, 0.05) is 23.5 Å². The van der Waals surface area contributed by atoms with Gasteiger partial charge in [0.15, 0.2) is 11.6 Å². The lowest BCUT2D eigenvalue weighted by atomic mass is 9.88. The smallest absolute Gasteiger partial charge is 0.175 e. The Kier molecular flexibility index (Phi) is 3.42. The third-order valence-electron chi connectivity index (χ3n) is 3.80. The minimum Gasteiger partial charge on any atom is -0.293 e. The van der Waals surface area contributed by atoms with E-state index in [0.29, 0.717) is 17.5 Å². The van der Waals surface area contributed by atoms with Crippen molar-refractivity contribution < 1.29 is 9.59 Å². The summed E-state index contributed by atoms with van der Waals surface area (Å²) in [4.78, 5) is 29.1. The van der Waals surface area contributed by atoms with Crippen molar-refractivity contribution in [2.75, 3.05) is 0 Å². The van der Waals surface area contributed by atoms with Crippen molar-refractivity contribution in [3.63, 3.8) is 0 Å². The molecule has 20 heavy (non-hydrogen) atoms. The number of hydrogen-bond acceptors (Lipinski definition) is 3. The fourth-order valence-corrected chi connectivity index (χ4v) is 2.75. The Morgan fingerprint density at radius 3 is 2.80 bits per heavy atom. The van der Waals surface area contributed by atoms with E-state index in [-0.39, 0.29) is 11.6 Å². The number of fused-ring (bicyclic) bond motifs is 1. The molecule has 0 aliphatic heterocycles. The van der Waals surface area contributed by atoms with Gasteiger partial charge >= 0.3 is 0 Å². The molecule has 0 amide bonds. The van der Waals surface area contributed by atoms with Gasteiger partial charge < -0.3 is 0 Å². The van der Waals surface area contributed by atoms with Crippen LogP contribution in [0.5, 0.6) is 0 Å². The van der Waals surface area contributed by atoms with Crippen LogP contribution in [0.25, 0.3) is 0 Å². The molecule has 100 valence electrons. The van der Waals surface area contributed by atoms with Crippen molar-refractivity contribution in [3.8, 4) is 0 Å². The van der Waals surface area contributed by atoms with Gasteiger partial charge in [-0.3, -0.25) is 14.6 Å². The Balaban J connectivity index is 1.95. The van der Waals surface area contributed by atoms with Crippen molar-refractivity contribution in [2.24, 2.45) is 5.92 Å². The summed E-state index contributed by atoms with van der Waals surface area (Å²) in [6.45, 7) is 0. The monoisotopic (exact) mass is 265 g/mol. The molecule has 0 radical (unpaired) electrons. The first-order valence-electron chi connectivity index (χ1n) is 6.84. The van der Waals surface area contributed by atoms with Gasteiger partial charge in [-0.15, -0.1) is 0 Å². The molecule has 1 heterocycles. The molecule has 3 nitrogen and oxygen atoms in total. The Morgan fingerprint density at radius 2 is 2.00 bits per heavy atom. The minimum absolute atomic E-state index is 0.0491. The quantitative estimate of drug-likeness (QED) is 0.476. The second-order valence-corrected chi connectivity index (χ2v) is 5.07. The summed E-state index contributed by atoms with van der Waals surface area (Å²) in [5, 5.41) is 0. The lowest BCUT2D eigenvalue weighted by Gasteiger charge is -2.12. The summed E-state index contributed by atoms with van der Waals surface area (Å²) in [7, 11) is 0. The highest BCUT2D eigenvalue weighted by molar-refractivity contribution is 6.16. The van der Waals surface area contributed by atoms with Crippen molar-refractivity contribution in [2.45, 2.75) is 19.3 Å². The van der Waals surface area contributed by atoms with Crippen molar-refractivity contribution in [1.82, 2.24) is 4.98 Å². The topological polar surface area (TPSA) is 47.0 Å². The molecule has 1 aliphatic carbocycles. The third-order valence-corrected chi connectivity index (χ3v) is 3.80. The Bertz CT molecular complexity index is 649. The maximum Gasteiger partial charge on any atom is 0.175 e. The highest BCUT2D eigenvalue weighted by atomic mass is 16.2. The number of rotatable bonds is 2. The van der Waals surface area contributed by atoms with E-state index in [4.69, 9.17) is 0 Å². The molecule has 3 heteroatoms. The summed E-state index contributed by atoms with van der Waals surface area (Å²) in [5.41, 5.74) is 2.27. The van der Waals surface area contributed by atoms with Gasteiger partial charge in [-0.2, -0.15) is 0 Å². The molecule has 0 bridgehead atoms. The second kappa shape index (κ2) is 5.37. The van der Waals surface area contributed by atoms with Gasteiger partial charge in [-0.25, -0.2) is 0 Å². The highest BCUT2D eigenvalue weighted by Crippen LogP contribution is 2.26. The average molecular weight is 265 g/mol. The largest absolute Gasteiger partial charge is 0.293 e. The van der Waals surface area contributed by atoms with Crippen molar-refractivity contribution in [3.05, 3.63) is 65.5 Å². The van der Waals surface area contributed by atoms with Gasteiger partial charge in [0.1, 0.15) is 0 Å². The summed E-state index contributed by atoms with van der Waals surface area (Å²) in [5.74, 6) is -0.727. The molecule has 1 atom stereocenters. The van der Waals surface area contributed by atoms with E-state index in [1.165, 1.54) is 6.20 Å². The molecular weight excluding hydrogens is 250 g/mol. The lowest BCUT2D eigenvalue weighted by Crippen LogP contribution is -2.24. The number of ketones is 2. The van der Waals surface area contributed by atoms with Gasteiger partial charge in [-0.05, 0) is 37.0 Å². The lowest BCUT2D eigenvalue weighted by molar-refractivity contribution is 0.0801. The number of carbonyl (C=O) groups excluding carboxylic acids is 2. The van der Waals surface area contributed by atoms with Gasteiger partial charge in [0.05, 0.1) is 5.92 Å². The van der Waals surface area contributed by atoms with Crippen LogP contribution in [0.4, 0.5) is 0 Å². The Hall–Kier alpha value is -2.29. The minimum atomic E-state index is -0.567. The van der Waals surface area contributed by atoms with Crippen LogP contribution >= 0.6 is 0 Å². The predicted octanol–water partition coefficient (Wildman–Crippen LogP) is 3.10. The van der Waals surface area contributed by atoms with Crippen LogP contribution in [0, 0.1) is 5.92 Å². The van der Waals surface area contributed by atoms with Crippen LogP contribution in [0.2, 0.25) is 0 Å². The number of aromatic nitrogens is 1. The van der Waals surface area contributed by atoms with E-state index < -0.39 is 5.92 Å². The predicted molar refractivity (Wildman–Crippen MR) is 75.8 cm³/mol. The van der Waals surface area contributed by atoms with Crippen molar-refractivity contribution in [1.29, 1.82) is 0 Å². The number of hydrogen-bond donors (Lipinski definition) is 0. The summed E-state index contributed by atoms with van der Waals surface area (Å²) in [6, 6.07) is 11.0. The molecule has 1 aliphatic rings. The molecule has 3 rings (SSSR count). The highest BCUT2D eigenvalue weighted by Gasteiger charge is 2.31. The van der Waals surface area contributed by atoms with E-state index in [1.807, 2.05) is 24.3 Å². The number of Topliss-reactive ketones (excluding diaryl/α,β-unsaturated/α-hetero) is 2. The van der Waals surface area contributed by atoms with Crippen LogP contribution in [-0.2, 0) is 6.42 Å². The Labute approximate surface area is 117 Å². The molecular formula is C17H15NO2. The number of pyridine rings is 1. The summed E-state index contributed by atoms with van der Waals surface area (Å²) < 4.78 is 0. The van der Waals surface area contributed by atoms with Crippen molar-refractivity contribution >= 4 is 11.6 Å². The first-order chi connectivity index (χ1) is 9.77. The molecule has 0 fully saturated rings. The molecule has 0 spiro atoms. The SMILES string of the molecule is O=C(c1cccnc1)C1CCCc2ccccc2C1=O. The number of carbonyl (C=O) groups is 2. The first-order valence-corrected chi connectivity index (χ1v) is 6.84. The molecule has 1 unspecified atom stereocenters. The maximum atomic E-state index is 12.6. The van der Waals surface area contributed by atoms with Crippen LogP contribution in [0.15, 0.2) is 48.8 Å². The van der Waals surface area contributed by atoms with E-state index in [2.05, 4.69) is 4.98 Å². The zero-order chi connectivity index (χ0) is 13.9. The number of benzene rings is 1. The van der Waals surface area contributed by atoms with Gasteiger partial charge in [-0.1, -0.05) is 24.3 Å². The van der Waals surface area contributed by atoms with E-state index >= 15 is 0 Å². The fourth-order valence-electron chi connectivity index (χ4n) is 2.75. The van der Waals surface area contributed by atoms with Crippen LogP contribution in [0.1, 0.15) is 39.1 Å². The summed E-state index contributed by atoms with van der Waals surface area (Å²) in [6.07, 6.45) is 5.49. The molecule has 0 saturated heterocycles. The van der Waals surface area contributed by atoms with Gasteiger partial charge in [0.25, 0.3) is 0 Å². The molecule has 1 aromatic carbocycles. The first kappa shape index (κ1) is 12.7. The number of nitrogens with zero attached hydrogens (tertiary/aromatic N) is 1. The standard InChI is InChI=1S/C17H15NO2/c19-16(13-7-4-10-18-11-13)15-9-3-6-12-5-1-2-8-14(12)17(15)20/h1-2,4-5,7-8,10-11,15H,3,6,9H2. The molecule has 0 saturated carbocycles. The van der Waals surface area contributed by atoms with Crippen LogP contribution < -0.4 is 0 Å². The fraction of sp³-hybridized carbons (Fsp3) is 0.235. The maximum absolute atomic E-state index is 12.6. The molecule has 0 N–H and O–H groups in total. The van der Waals surface area contributed by atoms with E-state index in [1.54, 1.807) is 18.3 Å². The van der Waals surface area contributed by atoms with E-state index in [9.17, 15) is 9.59 Å². The normalized spacial score (nSPS) is 18.2. The average Bonchev–Trinajstić information content (AvgIpc) is 2.67. The van der Waals surface area contributed by atoms with Gasteiger partial charge in [0.2, 0.25) is 0 Å². The third kappa shape index (κ3) is 2.27. The number of aryl methyl sites for hydroxylation is 1. The van der Waals surface area contributed by atoms with E-state index in [0.717, 1.165) is 18.4 Å². The Morgan fingerprint density at radius 1 is 1.15 bits per heavy atom. The second-order valence-electron chi connectivity index (χ2n) is 5.07. The zero-order valence-electron chi connectivity index (χ0n) is 11.1. The summed E-state index contributed by atoms with van der Waals surface area (Å²) >= 11 is 0. The molecule has 2 aromatic rings.